The van der Waals surface area contributed by atoms with Crippen molar-refractivity contribution in [1.82, 2.24) is 5.32 Å². The van der Waals surface area contributed by atoms with Crippen LogP contribution in [0.25, 0.3) is 0 Å². The summed E-state index contributed by atoms with van der Waals surface area (Å²) < 4.78 is 0. The van der Waals surface area contributed by atoms with Crippen LogP contribution in [-0.2, 0) is 6.42 Å². The fourth-order valence-electron chi connectivity index (χ4n) is 1.68. The molecule has 1 amide bonds. The van der Waals surface area contributed by atoms with Gasteiger partial charge in [0.2, 0.25) is 0 Å². The molecule has 0 aliphatic heterocycles. The number of hydrogen-bond acceptors (Lipinski definition) is 2. The normalized spacial score (nSPS) is 23.6. The molecule has 3 N–H and O–H groups in total. The van der Waals surface area contributed by atoms with Crippen LogP contribution in [0.3, 0.4) is 0 Å². The van der Waals surface area contributed by atoms with Crippen molar-refractivity contribution in [2.75, 3.05) is 0 Å². The maximum atomic E-state index is 11.9. The Balaban J connectivity index is 2.10. The van der Waals surface area contributed by atoms with Crippen molar-refractivity contribution in [3.63, 3.8) is 0 Å². The standard InChI is InChI=1S/C12H16N2O/c1-2-8-5-3-4-6-9(8)12(15)14-11-7-10(11)13/h3-6,10-11H,2,7,13H2,1H3,(H,14,15). The van der Waals surface area contributed by atoms with Crippen LogP contribution in [0.15, 0.2) is 24.3 Å². The van der Waals surface area contributed by atoms with E-state index in [1.807, 2.05) is 24.3 Å². The van der Waals surface area contributed by atoms with Crippen molar-refractivity contribution in [2.45, 2.75) is 31.8 Å². The number of benzene rings is 1. The molecule has 15 heavy (non-hydrogen) atoms. The first-order valence-electron chi connectivity index (χ1n) is 5.36. The van der Waals surface area contributed by atoms with Crippen LogP contribution >= 0.6 is 0 Å². The highest BCUT2D eigenvalue weighted by atomic mass is 16.1. The second kappa shape index (κ2) is 4.03. The average molecular weight is 204 g/mol. The van der Waals surface area contributed by atoms with Gasteiger partial charge in [-0.3, -0.25) is 4.79 Å². The minimum Gasteiger partial charge on any atom is -0.348 e. The molecule has 1 aromatic rings. The molecule has 2 unspecified atom stereocenters. The summed E-state index contributed by atoms with van der Waals surface area (Å²) in [6.45, 7) is 2.05. The topological polar surface area (TPSA) is 55.1 Å². The van der Waals surface area contributed by atoms with Crippen molar-refractivity contribution in [3.8, 4) is 0 Å². The van der Waals surface area contributed by atoms with Gasteiger partial charge in [0.25, 0.3) is 5.91 Å². The van der Waals surface area contributed by atoms with Crippen LogP contribution < -0.4 is 11.1 Å². The Bertz CT molecular complexity index is 376. The van der Waals surface area contributed by atoms with Gasteiger partial charge in [-0.05, 0) is 24.5 Å². The largest absolute Gasteiger partial charge is 0.348 e. The fourth-order valence-corrected chi connectivity index (χ4v) is 1.68. The molecule has 3 heteroatoms. The zero-order chi connectivity index (χ0) is 10.8. The number of rotatable bonds is 3. The maximum Gasteiger partial charge on any atom is 0.251 e. The molecule has 1 saturated carbocycles. The van der Waals surface area contributed by atoms with Crippen LogP contribution in [0.2, 0.25) is 0 Å². The maximum absolute atomic E-state index is 11.9. The molecule has 0 saturated heterocycles. The Hall–Kier alpha value is -1.35. The van der Waals surface area contributed by atoms with E-state index in [4.69, 9.17) is 5.73 Å². The molecule has 2 atom stereocenters. The Morgan fingerprint density at radius 3 is 2.80 bits per heavy atom. The molecule has 1 aliphatic carbocycles. The number of hydrogen-bond donors (Lipinski definition) is 2. The molecule has 3 nitrogen and oxygen atoms in total. The SMILES string of the molecule is CCc1ccccc1C(=O)NC1CC1N. The van der Waals surface area contributed by atoms with Gasteiger partial charge in [0.15, 0.2) is 0 Å². The summed E-state index contributed by atoms with van der Waals surface area (Å²) in [6, 6.07) is 8.04. The highest BCUT2D eigenvalue weighted by Gasteiger charge is 2.35. The van der Waals surface area contributed by atoms with Crippen LogP contribution in [0.1, 0.15) is 29.3 Å². The first kappa shape index (κ1) is 10.2. The molecule has 80 valence electrons. The van der Waals surface area contributed by atoms with Crippen LogP contribution in [-0.4, -0.2) is 18.0 Å². The van der Waals surface area contributed by atoms with Gasteiger partial charge in [-0.25, -0.2) is 0 Å². The van der Waals surface area contributed by atoms with E-state index in [0.29, 0.717) is 0 Å². The van der Waals surface area contributed by atoms with Gasteiger partial charge in [-0.15, -0.1) is 0 Å². The van der Waals surface area contributed by atoms with Gasteiger partial charge in [0.05, 0.1) is 0 Å². The first-order chi connectivity index (χ1) is 7.22. The second-order valence-corrected chi connectivity index (χ2v) is 3.99. The molecule has 0 bridgehead atoms. The van der Waals surface area contributed by atoms with E-state index >= 15 is 0 Å². The van der Waals surface area contributed by atoms with Crippen molar-refractivity contribution < 1.29 is 4.79 Å². The average Bonchev–Trinajstić information content (AvgIpc) is 2.94. The lowest BCUT2D eigenvalue weighted by Gasteiger charge is -2.07. The van der Waals surface area contributed by atoms with Crippen molar-refractivity contribution in [1.29, 1.82) is 0 Å². The van der Waals surface area contributed by atoms with Gasteiger partial charge >= 0.3 is 0 Å². The number of carbonyl (C=O) groups excluding carboxylic acids is 1. The van der Waals surface area contributed by atoms with E-state index in [1.54, 1.807) is 0 Å². The van der Waals surface area contributed by atoms with Crippen molar-refractivity contribution >= 4 is 5.91 Å². The number of nitrogens with one attached hydrogen (secondary N) is 1. The number of aryl methyl sites for hydroxylation is 1. The molecular formula is C12H16N2O. The lowest BCUT2D eigenvalue weighted by molar-refractivity contribution is 0.0949. The van der Waals surface area contributed by atoms with Gasteiger partial charge in [0, 0.05) is 17.6 Å². The third-order valence-corrected chi connectivity index (χ3v) is 2.80. The summed E-state index contributed by atoms with van der Waals surface area (Å²) in [5.74, 6) is 0.00500. The number of amides is 1. The molecule has 2 rings (SSSR count). The zero-order valence-electron chi connectivity index (χ0n) is 8.86. The summed E-state index contributed by atoms with van der Waals surface area (Å²) in [4.78, 5) is 11.9. The molecular weight excluding hydrogens is 188 g/mol. The molecule has 1 aliphatic rings. The Kier molecular flexibility index (Phi) is 2.73. The monoisotopic (exact) mass is 204 g/mol. The van der Waals surface area contributed by atoms with Gasteiger partial charge < -0.3 is 11.1 Å². The highest BCUT2D eigenvalue weighted by Crippen LogP contribution is 2.19. The highest BCUT2D eigenvalue weighted by molar-refractivity contribution is 5.96. The van der Waals surface area contributed by atoms with Crippen molar-refractivity contribution in [3.05, 3.63) is 35.4 Å². The third kappa shape index (κ3) is 2.18. The minimum absolute atomic E-state index is 0.00500. The van der Waals surface area contributed by atoms with Crippen molar-refractivity contribution in [2.24, 2.45) is 5.73 Å². The summed E-state index contributed by atoms with van der Waals surface area (Å²) in [5, 5.41) is 2.93. The van der Waals surface area contributed by atoms with E-state index in [1.165, 1.54) is 0 Å². The van der Waals surface area contributed by atoms with E-state index in [9.17, 15) is 4.79 Å². The Morgan fingerprint density at radius 2 is 2.20 bits per heavy atom. The van der Waals surface area contributed by atoms with E-state index in [2.05, 4.69) is 12.2 Å². The molecule has 0 aromatic heterocycles. The molecule has 0 radical (unpaired) electrons. The lowest BCUT2D eigenvalue weighted by Crippen LogP contribution is -2.30. The number of nitrogens with two attached hydrogens (primary N) is 1. The molecule has 1 fully saturated rings. The Morgan fingerprint density at radius 1 is 1.53 bits per heavy atom. The zero-order valence-corrected chi connectivity index (χ0v) is 8.86. The summed E-state index contributed by atoms with van der Waals surface area (Å²) >= 11 is 0. The first-order valence-corrected chi connectivity index (χ1v) is 5.36. The summed E-state index contributed by atoms with van der Waals surface area (Å²) in [6.07, 6.45) is 1.78. The summed E-state index contributed by atoms with van der Waals surface area (Å²) in [7, 11) is 0. The van der Waals surface area contributed by atoms with Gasteiger partial charge in [-0.1, -0.05) is 25.1 Å². The van der Waals surface area contributed by atoms with E-state index in [0.717, 1.165) is 24.0 Å². The predicted octanol–water partition coefficient (Wildman–Crippen LogP) is 1.08. The third-order valence-electron chi connectivity index (χ3n) is 2.80. The van der Waals surface area contributed by atoms with Crippen LogP contribution in [0.5, 0.6) is 0 Å². The second-order valence-electron chi connectivity index (χ2n) is 3.99. The predicted molar refractivity (Wildman–Crippen MR) is 59.7 cm³/mol. The Labute approximate surface area is 89.7 Å². The van der Waals surface area contributed by atoms with Gasteiger partial charge in [-0.2, -0.15) is 0 Å². The molecule has 1 aromatic carbocycles. The van der Waals surface area contributed by atoms with Crippen LogP contribution in [0.4, 0.5) is 0 Å². The van der Waals surface area contributed by atoms with Gasteiger partial charge in [0.1, 0.15) is 0 Å². The molecule has 0 spiro atoms. The minimum atomic E-state index is 0.00500. The smallest absolute Gasteiger partial charge is 0.251 e. The molecule has 0 heterocycles. The van der Waals surface area contributed by atoms with E-state index < -0.39 is 0 Å². The van der Waals surface area contributed by atoms with E-state index in [-0.39, 0.29) is 18.0 Å². The quantitative estimate of drug-likeness (QED) is 0.774. The fraction of sp³-hybridized carbons (Fsp3) is 0.417. The summed E-state index contributed by atoms with van der Waals surface area (Å²) in [5.41, 5.74) is 7.51. The van der Waals surface area contributed by atoms with Crippen LogP contribution in [0, 0.1) is 0 Å². The number of carbonyl (C=O) groups is 1. The lowest BCUT2D eigenvalue weighted by atomic mass is 10.0.